The zero-order valence-corrected chi connectivity index (χ0v) is 53.7. The third-order valence-corrected chi connectivity index (χ3v) is 17.0. The standard InChI is InChI=1S/C25H27FN6.C20H24ClN5.C10H13Cl2N3.C7H7Cl2N3.ClH/c1-16(2)32-10-8-21-23(15-32)30-24(18-11-19(26)14-27-12-18)31-25(21)28-9-7-17-13-29-22-6-4-3-5-20(17)22;1-13(2)26-10-8-16-18(12-26)24-20(21)25-19(16)22-9-7-14-11-23-17-6-4-3-5-15(14)17;1-6(2)15-4-3-7-8(5-15)13-10(12)14-9(7)11;8-6-4-1-2-10-3-5(4)11-7(9)12-6;/h3-6,11-14,16,29H,7-10,15H2,1-2H3,(H,28,30,31);3-6,11,13,23H,7-10,12H2,1-2H3,(H,22,24,25);6H,3-5H2,1-2H3;10H,1-3H2;1H. The number of aromatic amines is 2. The fourth-order valence-electron chi connectivity index (χ4n) is 11.1. The fourth-order valence-corrected chi connectivity index (χ4v) is 12.3. The zero-order valence-electron chi connectivity index (χ0n) is 49.1. The molecule has 0 saturated carbocycles. The van der Waals surface area contributed by atoms with Crippen LogP contribution in [0, 0.1) is 5.82 Å². The topological polar surface area (TPSA) is 193 Å². The molecule has 0 unspecified atom stereocenters. The number of pyridine rings is 1. The van der Waals surface area contributed by atoms with Gasteiger partial charge in [0.2, 0.25) is 15.9 Å². The normalized spacial score (nSPS) is 14.9. The van der Waals surface area contributed by atoms with Gasteiger partial charge in [0.15, 0.2) is 5.82 Å². The molecule has 4 aliphatic heterocycles. The molecule has 0 amide bonds. The van der Waals surface area contributed by atoms with E-state index in [4.69, 9.17) is 68.0 Å². The van der Waals surface area contributed by atoms with Crippen molar-refractivity contribution >= 4 is 104 Å². The Morgan fingerprint density at radius 1 is 0.535 bits per heavy atom. The monoisotopic (exact) mass is 1280 g/mol. The van der Waals surface area contributed by atoms with E-state index in [-0.39, 0.29) is 28.8 Å². The van der Waals surface area contributed by atoms with Gasteiger partial charge in [-0.3, -0.25) is 19.7 Å². The number of H-pyrrole nitrogens is 2. The summed E-state index contributed by atoms with van der Waals surface area (Å²) in [6, 6.07) is 19.6. The first-order valence-electron chi connectivity index (χ1n) is 29.0. The van der Waals surface area contributed by atoms with E-state index in [2.05, 4.69) is 172 Å². The van der Waals surface area contributed by atoms with Crippen LogP contribution in [0.4, 0.5) is 16.0 Å². The molecule has 0 radical (unpaired) electrons. The van der Waals surface area contributed by atoms with E-state index in [1.165, 1.54) is 45.2 Å². The van der Waals surface area contributed by atoms with Crippen LogP contribution in [0.1, 0.15) is 97.7 Å². The maximum Gasteiger partial charge on any atom is 0.224 e. The molecule has 86 heavy (non-hydrogen) atoms. The lowest BCUT2D eigenvalue weighted by atomic mass is 10.0. The Kier molecular flexibility index (Phi) is 22.4. The van der Waals surface area contributed by atoms with Crippen molar-refractivity contribution in [1.82, 2.24) is 74.8 Å². The van der Waals surface area contributed by atoms with Gasteiger partial charge in [-0.1, -0.05) is 59.6 Å². The van der Waals surface area contributed by atoms with Crippen molar-refractivity contribution in [2.45, 2.75) is 124 Å². The zero-order chi connectivity index (χ0) is 59.7. The number of halogens is 7. The van der Waals surface area contributed by atoms with E-state index in [1.54, 1.807) is 6.20 Å². The lowest BCUT2D eigenvalue weighted by molar-refractivity contribution is 0.200. The van der Waals surface area contributed by atoms with Crippen LogP contribution < -0.4 is 16.0 Å². The predicted octanol–water partition coefficient (Wildman–Crippen LogP) is 13.0. The van der Waals surface area contributed by atoms with E-state index in [0.717, 1.165) is 161 Å². The molecule has 454 valence electrons. The SMILES string of the molecule is CC(C)N1CCc2c(Cl)nc(Cl)nc2C1.CC(C)N1CCc2c(nc(-c3cncc(F)c3)nc2NCCc2c[nH]c3ccccc23)C1.CC(C)N1CCc2c(nc(Cl)nc2NCCc2c[nH]c3ccccc23)C1.Cl.Clc1nc(Cl)c2c(n1)CNCC2. The number of benzene rings is 2. The van der Waals surface area contributed by atoms with E-state index in [9.17, 15) is 4.39 Å². The maximum atomic E-state index is 13.8. The number of fused-ring (bicyclic) bond motifs is 6. The van der Waals surface area contributed by atoms with Gasteiger partial charge in [0.25, 0.3) is 0 Å². The van der Waals surface area contributed by atoms with Crippen LogP contribution in [0.5, 0.6) is 0 Å². The predicted molar refractivity (Wildman–Crippen MR) is 348 cm³/mol. The van der Waals surface area contributed by atoms with Gasteiger partial charge in [0, 0.05) is 145 Å². The summed E-state index contributed by atoms with van der Waals surface area (Å²) in [7, 11) is 0. The molecular weight excluding hydrogens is 1210 g/mol. The summed E-state index contributed by atoms with van der Waals surface area (Å²) in [5.41, 5.74) is 13.9. The Labute approximate surface area is 532 Å². The second kappa shape index (κ2) is 29.9. The summed E-state index contributed by atoms with van der Waals surface area (Å²) in [6.45, 7) is 21.9. The molecule has 0 fully saturated rings. The number of para-hydroxylation sites is 2. The Hall–Kier alpha value is -5.90. The summed E-state index contributed by atoms with van der Waals surface area (Å²) < 4.78 is 13.8. The molecule has 7 aromatic heterocycles. The highest BCUT2D eigenvalue weighted by Crippen LogP contribution is 2.31. The van der Waals surface area contributed by atoms with Crippen LogP contribution in [0.3, 0.4) is 0 Å². The largest absolute Gasteiger partial charge is 0.369 e. The molecular formula is C62H72Cl6FN17. The minimum atomic E-state index is -0.388. The molecule has 0 spiro atoms. The van der Waals surface area contributed by atoms with Gasteiger partial charge in [0.05, 0.1) is 29.0 Å². The van der Waals surface area contributed by atoms with Crippen molar-refractivity contribution in [3.8, 4) is 11.4 Å². The molecule has 11 heterocycles. The smallest absolute Gasteiger partial charge is 0.224 e. The van der Waals surface area contributed by atoms with Crippen LogP contribution in [0.25, 0.3) is 33.2 Å². The molecule has 0 atom stereocenters. The molecule has 13 rings (SSSR count). The van der Waals surface area contributed by atoms with Crippen LogP contribution in [-0.2, 0) is 64.7 Å². The number of hydrogen-bond acceptors (Lipinski definition) is 15. The van der Waals surface area contributed by atoms with Gasteiger partial charge in [-0.25, -0.2) is 44.3 Å². The second-order valence-electron chi connectivity index (χ2n) is 22.3. The van der Waals surface area contributed by atoms with Gasteiger partial charge < -0.3 is 25.9 Å². The number of aromatic nitrogens is 11. The third kappa shape index (κ3) is 16.0. The maximum absolute atomic E-state index is 13.8. The molecule has 4 aliphatic rings. The average Bonchev–Trinajstić information content (AvgIpc) is 1.98. The average molecular weight is 1290 g/mol. The lowest BCUT2D eigenvalue weighted by Crippen LogP contribution is -2.37. The molecule has 5 N–H and O–H groups in total. The Morgan fingerprint density at radius 2 is 0.988 bits per heavy atom. The van der Waals surface area contributed by atoms with Gasteiger partial charge in [-0.15, -0.1) is 12.4 Å². The van der Waals surface area contributed by atoms with Crippen molar-refractivity contribution in [2.24, 2.45) is 0 Å². The Balaban J connectivity index is 0.000000146. The second-order valence-corrected chi connectivity index (χ2v) is 24.1. The van der Waals surface area contributed by atoms with E-state index >= 15 is 0 Å². The summed E-state index contributed by atoms with van der Waals surface area (Å²) in [6.07, 6.45) is 12.4. The van der Waals surface area contributed by atoms with Gasteiger partial charge in [-0.2, -0.15) is 0 Å². The number of rotatable bonds is 12. The number of nitrogens with zero attached hydrogens (tertiary/aromatic N) is 12. The van der Waals surface area contributed by atoms with Crippen LogP contribution >= 0.6 is 70.4 Å². The van der Waals surface area contributed by atoms with Crippen LogP contribution in [0.15, 0.2) is 79.4 Å². The van der Waals surface area contributed by atoms with Gasteiger partial charge in [0.1, 0.15) is 27.8 Å². The van der Waals surface area contributed by atoms with Crippen molar-refractivity contribution < 1.29 is 4.39 Å². The van der Waals surface area contributed by atoms with Crippen LogP contribution in [-0.4, -0.2) is 127 Å². The summed E-state index contributed by atoms with van der Waals surface area (Å²) >= 11 is 29.5. The molecule has 9 aromatic rings. The van der Waals surface area contributed by atoms with E-state index in [0.29, 0.717) is 45.1 Å². The number of anilines is 2. The highest BCUT2D eigenvalue weighted by molar-refractivity contribution is 6.33. The minimum absolute atomic E-state index is 0. The Morgan fingerprint density at radius 3 is 1.51 bits per heavy atom. The lowest BCUT2D eigenvalue weighted by Gasteiger charge is -2.32. The van der Waals surface area contributed by atoms with Gasteiger partial charge >= 0.3 is 0 Å². The third-order valence-electron chi connectivity index (χ3n) is 15.9. The molecule has 2 aromatic carbocycles. The Bertz CT molecular complexity index is 3760. The first kappa shape index (κ1) is 64.6. The van der Waals surface area contributed by atoms with E-state index in [1.807, 2.05) is 6.07 Å². The summed E-state index contributed by atoms with van der Waals surface area (Å²) in [5.74, 6) is 1.86. The van der Waals surface area contributed by atoms with Crippen molar-refractivity contribution in [1.29, 1.82) is 0 Å². The molecule has 0 saturated heterocycles. The number of nitrogens with one attached hydrogen (secondary N) is 5. The molecule has 0 aliphatic carbocycles. The fraction of sp³-hybridized carbons (Fsp3) is 0.403. The summed E-state index contributed by atoms with van der Waals surface area (Å²) in [5, 5.41) is 14.5. The van der Waals surface area contributed by atoms with Crippen molar-refractivity contribution in [2.75, 3.05) is 49.9 Å². The van der Waals surface area contributed by atoms with Gasteiger partial charge in [-0.05, 0) is 151 Å². The number of hydrogen-bond donors (Lipinski definition) is 5. The molecule has 0 bridgehead atoms. The van der Waals surface area contributed by atoms with Crippen molar-refractivity contribution in [3.05, 3.63) is 168 Å². The highest BCUT2D eigenvalue weighted by atomic mass is 35.5. The highest BCUT2D eigenvalue weighted by Gasteiger charge is 2.27. The van der Waals surface area contributed by atoms with Crippen LogP contribution in [0.2, 0.25) is 26.2 Å². The molecule has 24 heteroatoms. The minimum Gasteiger partial charge on any atom is -0.369 e. The summed E-state index contributed by atoms with van der Waals surface area (Å²) in [4.78, 5) is 52.5. The molecule has 17 nitrogen and oxygen atoms in total. The van der Waals surface area contributed by atoms with Crippen molar-refractivity contribution in [3.63, 3.8) is 0 Å². The quantitative estimate of drug-likeness (QED) is 0.0572. The van der Waals surface area contributed by atoms with E-state index < -0.39 is 0 Å². The first-order chi connectivity index (χ1) is 41.0. The first-order valence-corrected chi connectivity index (χ1v) is 30.9.